The smallest absolute Gasteiger partial charge is 0.326 e. The van der Waals surface area contributed by atoms with Gasteiger partial charge in [-0.1, -0.05) is 20.8 Å². The third kappa shape index (κ3) is 4.67. The van der Waals surface area contributed by atoms with Gasteiger partial charge in [0, 0.05) is 12.5 Å². The summed E-state index contributed by atoms with van der Waals surface area (Å²) in [4.78, 5) is 24.7. The molecule has 0 aromatic carbocycles. The van der Waals surface area contributed by atoms with Crippen molar-refractivity contribution in [1.29, 1.82) is 0 Å². The van der Waals surface area contributed by atoms with Crippen molar-refractivity contribution in [3.05, 3.63) is 0 Å². The number of aliphatic carboxylic acids is 1. The van der Waals surface area contributed by atoms with E-state index in [1.807, 2.05) is 0 Å². The van der Waals surface area contributed by atoms with Crippen LogP contribution in [0.25, 0.3) is 0 Å². The number of carboxylic acid groups (broad SMARTS) is 1. The highest BCUT2D eigenvalue weighted by atomic mass is 16.4. The summed E-state index contributed by atoms with van der Waals surface area (Å²) in [5.74, 6) is -0.914. The molecule has 0 radical (unpaired) electrons. The molecule has 0 heterocycles. The number of carbonyl (C=O) groups is 2. The minimum absolute atomic E-state index is 0.00310. The van der Waals surface area contributed by atoms with Crippen molar-refractivity contribution in [2.45, 2.75) is 71.9 Å². The fraction of sp³-hybridized carbons (Fsp3) is 0.857. The van der Waals surface area contributed by atoms with Crippen molar-refractivity contribution in [3.8, 4) is 0 Å². The minimum atomic E-state index is -0.911. The second-order valence-electron chi connectivity index (χ2n) is 6.46. The van der Waals surface area contributed by atoms with Crippen molar-refractivity contribution >= 4 is 11.9 Å². The van der Waals surface area contributed by atoms with Crippen LogP contribution in [-0.4, -0.2) is 34.0 Å². The van der Waals surface area contributed by atoms with Crippen LogP contribution in [0, 0.1) is 5.41 Å². The molecule has 1 atom stereocenters. The monoisotopic (exact) mass is 255 g/mol. The second kappa shape index (κ2) is 5.72. The minimum Gasteiger partial charge on any atom is -0.480 e. The molecule has 0 spiro atoms. The Morgan fingerprint density at radius 3 is 2.28 bits per heavy atom. The number of hydrogen-bond acceptors (Lipinski definition) is 2. The largest absolute Gasteiger partial charge is 0.480 e. The Bertz CT molecular complexity index is 315. The second-order valence-corrected chi connectivity index (χ2v) is 6.46. The number of carbonyl (C=O) groups excluding carboxylic acids is 1. The van der Waals surface area contributed by atoms with Gasteiger partial charge in [0.2, 0.25) is 5.91 Å². The topological polar surface area (TPSA) is 57.6 Å². The third-order valence-corrected chi connectivity index (χ3v) is 3.32. The van der Waals surface area contributed by atoms with Crippen LogP contribution >= 0.6 is 0 Å². The molecule has 1 fully saturated rings. The molecule has 4 nitrogen and oxygen atoms in total. The average molecular weight is 255 g/mol. The fourth-order valence-corrected chi connectivity index (χ4v) is 2.11. The molecule has 0 aromatic rings. The summed E-state index contributed by atoms with van der Waals surface area (Å²) in [6.45, 7) is 8.05. The molecular weight excluding hydrogens is 230 g/mol. The third-order valence-electron chi connectivity index (χ3n) is 3.32. The summed E-state index contributed by atoms with van der Waals surface area (Å²) < 4.78 is 0. The molecule has 0 aromatic heterocycles. The van der Waals surface area contributed by atoms with Crippen molar-refractivity contribution < 1.29 is 14.7 Å². The first-order valence-corrected chi connectivity index (χ1v) is 6.76. The van der Waals surface area contributed by atoms with Gasteiger partial charge in [-0.3, -0.25) is 4.79 Å². The van der Waals surface area contributed by atoms with Crippen LogP contribution in [0.15, 0.2) is 0 Å². The summed E-state index contributed by atoms with van der Waals surface area (Å²) in [5, 5.41) is 9.04. The Balaban J connectivity index is 2.48. The highest BCUT2D eigenvalue weighted by molar-refractivity contribution is 5.83. The van der Waals surface area contributed by atoms with Crippen LogP contribution in [0.2, 0.25) is 0 Å². The van der Waals surface area contributed by atoms with Gasteiger partial charge in [0.15, 0.2) is 0 Å². The molecule has 4 heteroatoms. The average Bonchev–Trinajstić information content (AvgIpc) is 2.99. The van der Waals surface area contributed by atoms with Gasteiger partial charge >= 0.3 is 5.97 Å². The maximum atomic E-state index is 12.1. The van der Waals surface area contributed by atoms with E-state index in [4.69, 9.17) is 5.11 Å². The molecule has 18 heavy (non-hydrogen) atoms. The molecular formula is C14H25NO3. The van der Waals surface area contributed by atoms with E-state index in [0.29, 0.717) is 6.42 Å². The van der Waals surface area contributed by atoms with E-state index >= 15 is 0 Å². The SMILES string of the molecule is CC(C(=O)O)N(C(=O)CCCC(C)(C)C)C1CC1. The predicted molar refractivity (Wildman–Crippen MR) is 70.3 cm³/mol. The number of nitrogens with zero attached hydrogens (tertiary/aromatic N) is 1. The summed E-state index contributed by atoms with van der Waals surface area (Å²) in [7, 11) is 0. The zero-order valence-electron chi connectivity index (χ0n) is 11.9. The summed E-state index contributed by atoms with van der Waals surface area (Å²) in [5.41, 5.74) is 0.225. The molecule has 1 rings (SSSR count). The number of amides is 1. The zero-order valence-corrected chi connectivity index (χ0v) is 11.9. The van der Waals surface area contributed by atoms with Crippen LogP contribution in [0.3, 0.4) is 0 Å². The molecule has 1 N–H and O–H groups in total. The van der Waals surface area contributed by atoms with Crippen LogP contribution in [0.4, 0.5) is 0 Å². The van der Waals surface area contributed by atoms with Gasteiger partial charge in [0.25, 0.3) is 0 Å². The van der Waals surface area contributed by atoms with Gasteiger partial charge in [-0.25, -0.2) is 4.79 Å². The van der Waals surface area contributed by atoms with Crippen LogP contribution in [0.5, 0.6) is 0 Å². The van der Waals surface area contributed by atoms with E-state index in [1.165, 1.54) is 0 Å². The van der Waals surface area contributed by atoms with E-state index in [0.717, 1.165) is 25.7 Å². The standard InChI is InChI=1S/C14H25NO3/c1-10(13(17)18)15(11-7-8-11)12(16)6-5-9-14(2,3)4/h10-11H,5-9H2,1-4H3,(H,17,18). The lowest BCUT2D eigenvalue weighted by atomic mass is 9.90. The lowest BCUT2D eigenvalue weighted by Crippen LogP contribution is -2.44. The van der Waals surface area contributed by atoms with Crippen molar-refractivity contribution in [3.63, 3.8) is 0 Å². The Morgan fingerprint density at radius 1 is 1.33 bits per heavy atom. The van der Waals surface area contributed by atoms with E-state index < -0.39 is 12.0 Å². The molecule has 1 aliphatic rings. The molecule has 1 saturated carbocycles. The summed E-state index contributed by atoms with van der Waals surface area (Å²) in [6, 6.07) is -0.530. The summed E-state index contributed by atoms with van der Waals surface area (Å²) >= 11 is 0. The van der Waals surface area contributed by atoms with Gasteiger partial charge in [-0.05, 0) is 38.0 Å². The molecule has 1 amide bonds. The quantitative estimate of drug-likeness (QED) is 0.793. The lowest BCUT2D eigenvalue weighted by Gasteiger charge is -2.27. The van der Waals surface area contributed by atoms with Crippen LogP contribution in [-0.2, 0) is 9.59 Å². The highest BCUT2D eigenvalue weighted by Crippen LogP contribution is 2.30. The fourth-order valence-electron chi connectivity index (χ4n) is 2.11. The van der Waals surface area contributed by atoms with Gasteiger partial charge in [0.1, 0.15) is 6.04 Å². The van der Waals surface area contributed by atoms with E-state index in [9.17, 15) is 9.59 Å². The Kier molecular flexibility index (Phi) is 4.77. The first-order chi connectivity index (χ1) is 8.22. The van der Waals surface area contributed by atoms with Gasteiger partial charge in [0.05, 0.1) is 0 Å². The lowest BCUT2D eigenvalue weighted by molar-refractivity contribution is -0.150. The Labute approximate surface area is 109 Å². The molecule has 1 aliphatic carbocycles. The maximum Gasteiger partial charge on any atom is 0.326 e. The van der Waals surface area contributed by atoms with E-state index in [1.54, 1.807) is 11.8 Å². The zero-order chi connectivity index (χ0) is 13.9. The molecule has 0 aliphatic heterocycles. The summed E-state index contributed by atoms with van der Waals surface area (Å²) in [6.07, 6.45) is 4.17. The van der Waals surface area contributed by atoms with Gasteiger partial charge < -0.3 is 10.0 Å². The van der Waals surface area contributed by atoms with E-state index in [2.05, 4.69) is 20.8 Å². The Morgan fingerprint density at radius 2 is 1.89 bits per heavy atom. The number of hydrogen-bond donors (Lipinski definition) is 1. The van der Waals surface area contributed by atoms with Crippen molar-refractivity contribution in [2.75, 3.05) is 0 Å². The molecule has 104 valence electrons. The molecule has 1 unspecified atom stereocenters. The van der Waals surface area contributed by atoms with Crippen LogP contribution < -0.4 is 0 Å². The van der Waals surface area contributed by atoms with Gasteiger partial charge in [-0.15, -0.1) is 0 Å². The van der Waals surface area contributed by atoms with Crippen molar-refractivity contribution in [1.82, 2.24) is 4.90 Å². The normalized spacial score (nSPS) is 17.3. The first kappa shape index (κ1) is 15.0. The maximum absolute atomic E-state index is 12.1. The van der Waals surface area contributed by atoms with Gasteiger partial charge in [-0.2, -0.15) is 0 Å². The molecule has 0 bridgehead atoms. The highest BCUT2D eigenvalue weighted by Gasteiger charge is 2.37. The first-order valence-electron chi connectivity index (χ1n) is 6.76. The number of rotatable bonds is 6. The number of carboxylic acids is 1. The van der Waals surface area contributed by atoms with E-state index in [-0.39, 0.29) is 17.4 Å². The predicted octanol–water partition coefficient (Wildman–Crippen LogP) is 2.67. The van der Waals surface area contributed by atoms with Crippen LogP contribution in [0.1, 0.15) is 59.8 Å². The van der Waals surface area contributed by atoms with Crippen molar-refractivity contribution in [2.24, 2.45) is 5.41 Å². The Hall–Kier alpha value is -1.06. The molecule has 0 saturated heterocycles.